The van der Waals surface area contributed by atoms with Gasteiger partial charge in [0.2, 0.25) is 5.91 Å². The first-order chi connectivity index (χ1) is 16.9. The van der Waals surface area contributed by atoms with Gasteiger partial charge in [0.1, 0.15) is 5.82 Å². The van der Waals surface area contributed by atoms with Crippen LogP contribution in [0, 0.1) is 5.82 Å². The van der Waals surface area contributed by atoms with Crippen LogP contribution in [0.25, 0.3) is 0 Å². The largest absolute Gasteiger partial charge is 0.462 e. The molecule has 0 fully saturated rings. The van der Waals surface area contributed by atoms with E-state index in [1.165, 1.54) is 30.0 Å². The van der Waals surface area contributed by atoms with Crippen LogP contribution >= 0.6 is 11.8 Å². The van der Waals surface area contributed by atoms with Gasteiger partial charge in [-0.2, -0.15) is 0 Å². The molecule has 3 rings (SSSR count). The number of hydrogen-bond acceptors (Lipinski definition) is 7. The first-order valence-electron chi connectivity index (χ1n) is 10.7. The first kappa shape index (κ1) is 25.6. The highest BCUT2D eigenvalue weighted by Gasteiger charge is 2.16. The van der Waals surface area contributed by atoms with Crippen molar-refractivity contribution in [3.63, 3.8) is 0 Å². The Labute approximate surface area is 205 Å². The number of hydrogen-bond donors (Lipinski definition) is 2. The molecule has 3 aromatic rings. The number of halogens is 1. The van der Waals surface area contributed by atoms with Gasteiger partial charge in [0.25, 0.3) is 5.91 Å². The minimum Gasteiger partial charge on any atom is -0.462 e. The number of carbonyl (C=O) groups is 3. The number of allylic oxidation sites excluding steroid dienone is 1. The number of esters is 1. The molecule has 1 heterocycles. The van der Waals surface area contributed by atoms with Crippen LogP contribution in [0.4, 0.5) is 10.1 Å². The molecule has 2 amide bonds. The highest BCUT2D eigenvalue weighted by Crippen LogP contribution is 2.19. The van der Waals surface area contributed by atoms with Gasteiger partial charge in [-0.05, 0) is 43.3 Å². The Kier molecular flexibility index (Phi) is 9.13. The fourth-order valence-electron chi connectivity index (χ4n) is 3.00. The Balaban J connectivity index is 1.57. The van der Waals surface area contributed by atoms with Crippen LogP contribution in [0.3, 0.4) is 0 Å². The molecule has 0 aliphatic rings. The molecule has 1 aromatic heterocycles. The van der Waals surface area contributed by atoms with E-state index in [-0.39, 0.29) is 30.4 Å². The lowest BCUT2D eigenvalue weighted by Crippen LogP contribution is -2.25. The lowest BCUT2D eigenvalue weighted by molar-refractivity contribution is -0.113. The van der Waals surface area contributed by atoms with Crippen molar-refractivity contribution in [3.05, 3.63) is 84.0 Å². The van der Waals surface area contributed by atoms with Crippen LogP contribution in [-0.4, -0.2) is 44.9 Å². The van der Waals surface area contributed by atoms with Crippen molar-refractivity contribution in [2.75, 3.05) is 17.7 Å². The summed E-state index contributed by atoms with van der Waals surface area (Å²) in [6.07, 6.45) is 1.64. The molecular formula is C24H24FN5O4S. The van der Waals surface area contributed by atoms with E-state index in [0.717, 1.165) is 0 Å². The molecule has 0 atom stereocenters. The topological polar surface area (TPSA) is 115 Å². The summed E-state index contributed by atoms with van der Waals surface area (Å²) in [5, 5.41) is 14.0. The summed E-state index contributed by atoms with van der Waals surface area (Å²) in [5.74, 6) is -1.40. The van der Waals surface area contributed by atoms with Gasteiger partial charge in [-0.1, -0.05) is 30.0 Å². The average molecular weight is 498 g/mol. The van der Waals surface area contributed by atoms with Gasteiger partial charge in [0, 0.05) is 12.2 Å². The number of aromatic nitrogens is 3. The number of rotatable bonds is 11. The van der Waals surface area contributed by atoms with Gasteiger partial charge in [-0.3, -0.25) is 9.59 Å². The van der Waals surface area contributed by atoms with Crippen molar-refractivity contribution < 1.29 is 23.5 Å². The van der Waals surface area contributed by atoms with E-state index in [1.54, 1.807) is 47.9 Å². The van der Waals surface area contributed by atoms with Gasteiger partial charge in [-0.15, -0.1) is 16.8 Å². The molecule has 182 valence electrons. The summed E-state index contributed by atoms with van der Waals surface area (Å²) in [6.45, 7) is 6.11. The number of anilines is 1. The fourth-order valence-corrected chi connectivity index (χ4v) is 3.77. The summed E-state index contributed by atoms with van der Waals surface area (Å²) in [6, 6.07) is 12.1. The quantitative estimate of drug-likeness (QED) is 0.237. The molecular weight excluding hydrogens is 473 g/mol. The maximum Gasteiger partial charge on any atom is 0.338 e. The number of amides is 2. The molecule has 0 aliphatic heterocycles. The average Bonchev–Trinajstić information content (AvgIpc) is 3.23. The first-order valence-corrected chi connectivity index (χ1v) is 11.7. The van der Waals surface area contributed by atoms with Gasteiger partial charge in [-0.25, -0.2) is 9.18 Å². The standard InChI is InChI=1S/C24H24FN5O4S/c1-3-13-30-20(14-26-22(32)18-7-5-6-8-19(18)25)28-29-24(30)35-15-21(31)27-17-11-9-16(10-12-17)23(33)34-4-2/h3,5-12H,1,4,13-15H2,2H3,(H,26,32)(H,27,31). The van der Waals surface area contributed by atoms with Crippen molar-refractivity contribution >= 4 is 35.2 Å². The summed E-state index contributed by atoms with van der Waals surface area (Å²) in [5.41, 5.74) is 0.864. The molecule has 0 saturated carbocycles. The van der Waals surface area contributed by atoms with Crippen LogP contribution < -0.4 is 10.6 Å². The SMILES string of the molecule is C=CCn1c(CNC(=O)c2ccccc2F)nnc1SCC(=O)Nc1ccc(C(=O)OCC)cc1. The van der Waals surface area contributed by atoms with Gasteiger partial charge in [0.05, 0.1) is 30.0 Å². The van der Waals surface area contributed by atoms with Crippen LogP contribution in [0.15, 0.2) is 66.3 Å². The molecule has 0 saturated heterocycles. The van der Waals surface area contributed by atoms with Crippen molar-refractivity contribution in [2.45, 2.75) is 25.2 Å². The van der Waals surface area contributed by atoms with Crippen LogP contribution in [0.5, 0.6) is 0 Å². The van der Waals surface area contributed by atoms with Crippen LogP contribution in [0.2, 0.25) is 0 Å². The zero-order chi connectivity index (χ0) is 25.2. The van der Waals surface area contributed by atoms with E-state index in [2.05, 4.69) is 27.4 Å². The highest BCUT2D eigenvalue weighted by atomic mass is 32.2. The predicted molar refractivity (Wildman–Crippen MR) is 130 cm³/mol. The second-order valence-corrected chi connectivity index (χ2v) is 8.04. The molecule has 2 aromatic carbocycles. The fraction of sp³-hybridized carbons (Fsp3) is 0.208. The maximum atomic E-state index is 13.8. The highest BCUT2D eigenvalue weighted by molar-refractivity contribution is 7.99. The minimum absolute atomic E-state index is 0.0214. The third-order valence-corrected chi connectivity index (χ3v) is 5.61. The summed E-state index contributed by atoms with van der Waals surface area (Å²) in [4.78, 5) is 36.4. The van der Waals surface area contributed by atoms with E-state index >= 15 is 0 Å². The van der Waals surface area contributed by atoms with Gasteiger partial charge >= 0.3 is 5.97 Å². The Hall–Kier alpha value is -3.99. The third-order valence-electron chi connectivity index (χ3n) is 4.64. The predicted octanol–water partition coefficient (Wildman–Crippen LogP) is 3.44. The Morgan fingerprint density at radius 1 is 1.14 bits per heavy atom. The molecule has 11 heteroatoms. The number of ether oxygens (including phenoxy) is 1. The molecule has 9 nitrogen and oxygen atoms in total. The van der Waals surface area contributed by atoms with Crippen LogP contribution in [-0.2, 0) is 22.6 Å². The smallest absolute Gasteiger partial charge is 0.338 e. The number of nitrogens with zero attached hydrogens (tertiary/aromatic N) is 3. The lowest BCUT2D eigenvalue weighted by Gasteiger charge is -2.09. The molecule has 0 bridgehead atoms. The van der Waals surface area contributed by atoms with E-state index in [1.807, 2.05) is 0 Å². The lowest BCUT2D eigenvalue weighted by atomic mass is 10.2. The van der Waals surface area contributed by atoms with E-state index in [0.29, 0.717) is 28.8 Å². The summed E-state index contributed by atoms with van der Waals surface area (Å²) in [7, 11) is 0. The normalized spacial score (nSPS) is 10.5. The third kappa shape index (κ3) is 7.00. The van der Waals surface area contributed by atoms with Crippen molar-refractivity contribution in [1.82, 2.24) is 20.1 Å². The molecule has 35 heavy (non-hydrogen) atoms. The van der Waals surface area contributed by atoms with Gasteiger partial charge in [0.15, 0.2) is 11.0 Å². The monoisotopic (exact) mass is 497 g/mol. The maximum absolute atomic E-state index is 13.8. The number of carbonyl (C=O) groups excluding carboxylic acids is 3. The van der Waals surface area contributed by atoms with Crippen molar-refractivity contribution in [2.24, 2.45) is 0 Å². The van der Waals surface area contributed by atoms with Crippen molar-refractivity contribution in [3.8, 4) is 0 Å². The molecule has 0 spiro atoms. The Morgan fingerprint density at radius 3 is 2.57 bits per heavy atom. The van der Waals surface area contributed by atoms with E-state index in [9.17, 15) is 18.8 Å². The number of thioether (sulfide) groups is 1. The second-order valence-electron chi connectivity index (χ2n) is 7.10. The molecule has 0 radical (unpaired) electrons. The van der Waals surface area contributed by atoms with E-state index in [4.69, 9.17) is 4.74 Å². The summed E-state index contributed by atoms with van der Waals surface area (Å²) < 4.78 is 20.5. The van der Waals surface area contributed by atoms with Crippen LogP contribution in [0.1, 0.15) is 33.5 Å². The zero-order valence-electron chi connectivity index (χ0n) is 19.0. The van der Waals surface area contributed by atoms with Gasteiger partial charge < -0.3 is 19.9 Å². The molecule has 0 aliphatic carbocycles. The number of benzene rings is 2. The second kappa shape index (κ2) is 12.5. The molecule has 2 N–H and O–H groups in total. The van der Waals surface area contributed by atoms with Crippen molar-refractivity contribution in [1.29, 1.82) is 0 Å². The summed E-state index contributed by atoms with van der Waals surface area (Å²) >= 11 is 1.17. The Morgan fingerprint density at radius 2 is 1.89 bits per heavy atom. The minimum atomic E-state index is -0.615. The Bertz CT molecular complexity index is 1210. The zero-order valence-corrected chi connectivity index (χ0v) is 19.8. The van der Waals surface area contributed by atoms with E-state index < -0.39 is 17.7 Å². The number of nitrogens with one attached hydrogen (secondary N) is 2. The molecule has 0 unspecified atom stereocenters.